The standard InChI is InChI=1S/C15H25N3O2S/c1-11-6-7-12(2)14(13(11)16)21(19,20)18-9-8-17(5)15(3,4)10-18/h6-7H,8-10,16H2,1-5H3. The van der Waals surface area contributed by atoms with E-state index in [-0.39, 0.29) is 10.4 Å². The molecule has 21 heavy (non-hydrogen) atoms. The number of rotatable bonds is 2. The fourth-order valence-corrected chi connectivity index (χ4v) is 4.66. The second kappa shape index (κ2) is 5.26. The lowest BCUT2D eigenvalue weighted by molar-refractivity contribution is 0.0801. The van der Waals surface area contributed by atoms with Crippen LogP contribution in [0.15, 0.2) is 17.0 Å². The Hall–Kier alpha value is -1.11. The van der Waals surface area contributed by atoms with E-state index in [2.05, 4.69) is 18.7 Å². The largest absolute Gasteiger partial charge is 0.397 e. The summed E-state index contributed by atoms with van der Waals surface area (Å²) < 4.78 is 27.6. The highest BCUT2D eigenvalue weighted by atomic mass is 32.2. The average molecular weight is 311 g/mol. The fourth-order valence-electron chi connectivity index (χ4n) is 2.68. The molecule has 6 heteroatoms. The summed E-state index contributed by atoms with van der Waals surface area (Å²) in [6.45, 7) is 9.43. The Morgan fingerprint density at radius 2 is 1.71 bits per heavy atom. The minimum atomic E-state index is -3.56. The predicted molar refractivity (Wildman–Crippen MR) is 85.8 cm³/mol. The Bertz CT molecular complexity index is 653. The highest BCUT2D eigenvalue weighted by molar-refractivity contribution is 7.89. The molecule has 2 N–H and O–H groups in total. The molecule has 1 aliphatic rings. The Morgan fingerprint density at radius 1 is 1.14 bits per heavy atom. The van der Waals surface area contributed by atoms with Crippen LogP contribution in [0.3, 0.4) is 0 Å². The van der Waals surface area contributed by atoms with E-state index in [1.807, 2.05) is 26.1 Å². The number of nitrogens with zero attached hydrogens (tertiary/aromatic N) is 2. The lowest BCUT2D eigenvalue weighted by atomic mass is 10.0. The maximum Gasteiger partial charge on any atom is 0.245 e. The maximum absolute atomic E-state index is 13.0. The van der Waals surface area contributed by atoms with Crippen LogP contribution in [0.25, 0.3) is 0 Å². The van der Waals surface area contributed by atoms with E-state index < -0.39 is 10.0 Å². The number of hydrogen-bond acceptors (Lipinski definition) is 4. The highest BCUT2D eigenvalue weighted by Crippen LogP contribution is 2.31. The van der Waals surface area contributed by atoms with Gasteiger partial charge in [0.15, 0.2) is 0 Å². The van der Waals surface area contributed by atoms with Crippen LogP contribution in [0.2, 0.25) is 0 Å². The summed E-state index contributed by atoms with van der Waals surface area (Å²) in [4.78, 5) is 2.45. The van der Waals surface area contributed by atoms with Crippen molar-refractivity contribution >= 4 is 15.7 Å². The summed E-state index contributed by atoms with van der Waals surface area (Å²) in [6.07, 6.45) is 0. The number of anilines is 1. The van der Waals surface area contributed by atoms with Crippen molar-refractivity contribution in [3.63, 3.8) is 0 Å². The van der Waals surface area contributed by atoms with E-state index in [0.29, 0.717) is 24.3 Å². The molecule has 1 aromatic carbocycles. The summed E-state index contributed by atoms with van der Waals surface area (Å²) in [5.41, 5.74) is 7.74. The minimum Gasteiger partial charge on any atom is -0.397 e. The number of hydrogen-bond donors (Lipinski definition) is 1. The van der Waals surface area contributed by atoms with Crippen LogP contribution in [-0.4, -0.2) is 49.8 Å². The van der Waals surface area contributed by atoms with Gasteiger partial charge in [0.1, 0.15) is 4.90 Å². The van der Waals surface area contributed by atoms with Gasteiger partial charge in [-0.05, 0) is 45.9 Å². The molecule has 1 aromatic rings. The van der Waals surface area contributed by atoms with Crippen molar-refractivity contribution in [3.05, 3.63) is 23.3 Å². The molecule has 1 fully saturated rings. The van der Waals surface area contributed by atoms with E-state index in [4.69, 9.17) is 5.73 Å². The monoisotopic (exact) mass is 311 g/mol. The molecule has 0 spiro atoms. The summed E-state index contributed by atoms with van der Waals surface area (Å²) >= 11 is 0. The third kappa shape index (κ3) is 2.80. The average Bonchev–Trinajstić information content (AvgIpc) is 2.37. The Kier molecular flexibility index (Phi) is 4.08. The molecular weight excluding hydrogens is 286 g/mol. The zero-order valence-electron chi connectivity index (χ0n) is 13.5. The normalized spacial score (nSPS) is 20.6. The second-order valence-electron chi connectivity index (χ2n) is 6.51. The molecule has 0 amide bonds. The van der Waals surface area contributed by atoms with Crippen LogP contribution in [0.4, 0.5) is 5.69 Å². The van der Waals surface area contributed by atoms with Crippen molar-refractivity contribution in [2.45, 2.75) is 38.1 Å². The lowest BCUT2D eigenvalue weighted by Crippen LogP contribution is -2.58. The van der Waals surface area contributed by atoms with Crippen molar-refractivity contribution in [3.8, 4) is 0 Å². The van der Waals surface area contributed by atoms with Gasteiger partial charge in [-0.1, -0.05) is 12.1 Å². The van der Waals surface area contributed by atoms with Gasteiger partial charge in [-0.3, -0.25) is 4.90 Å². The van der Waals surface area contributed by atoms with Gasteiger partial charge in [0.2, 0.25) is 10.0 Å². The third-order valence-corrected chi connectivity index (χ3v) is 6.54. The zero-order valence-corrected chi connectivity index (χ0v) is 14.3. The number of benzene rings is 1. The molecule has 5 nitrogen and oxygen atoms in total. The number of nitrogen functional groups attached to an aromatic ring is 1. The molecule has 1 saturated heterocycles. The summed E-state index contributed by atoms with van der Waals surface area (Å²) in [5, 5.41) is 0. The minimum absolute atomic E-state index is 0.183. The Labute approximate surface area is 127 Å². The van der Waals surface area contributed by atoms with E-state index in [1.54, 1.807) is 11.2 Å². The topological polar surface area (TPSA) is 66.6 Å². The summed E-state index contributed by atoms with van der Waals surface area (Å²) in [5.74, 6) is 0. The number of sulfonamides is 1. The lowest BCUT2D eigenvalue weighted by Gasteiger charge is -2.44. The molecule has 0 unspecified atom stereocenters. The SMILES string of the molecule is Cc1ccc(C)c(S(=O)(=O)N2CCN(C)C(C)(C)C2)c1N. The smallest absolute Gasteiger partial charge is 0.245 e. The molecule has 0 bridgehead atoms. The third-order valence-electron chi connectivity index (χ3n) is 4.49. The van der Waals surface area contributed by atoms with Crippen LogP contribution in [0.1, 0.15) is 25.0 Å². The van der Waals surface area contributed by atoms with Crippen LogP contribution >= 0.6 is 0 Å². The Balaban J connectivity index is 2.47. The molecule has 0 aliphatic carbocycles. The molecule has 2 rings (SSSR count). The van der Waals surface area contributed by atoms with Gasteiger partial charge >= 0.3 is 0 Å². The van der Waals surface area contributed by atoms with Crippen molar-refractivity contribution < 1.29 is 8.42 Å². The van der Waals surface area contributed by atoms with Gasteiger partial charge < -0.3 is 5.73 Å². The zero-order chi connectivity index (χ0) is 16.0. The number of likely N-dealkylation sites (N-methyl/N-ethyl adjacent to an activating group) is 1. The Morgan fingerprint density at radius 3 is 2.29 bits per heavy atom. The van der Waals surface area contributed by atoms with Gasteiger partial charge in [0.05, 0.1) is 5.69 Å². The molecule has 0 saturated carbocycles. The second-order valence-corrected chi connectivity index (χ2v) is 8.39. The van der Waals surface area contributed by atoms with E-state index in [1.165, 1.54) is 0 Å². The van der Waals surface area contributed by atoms with E-state index in [0.717, 1.165) is 12.1 Å². The van der Waals surface area contributed by atoms with E-state index in [9.17, 15) is 8.42 Å². The first-order valence-corrected chi connectivity index (χ1v) is 8.58. The van der Waals surface area contributed by atoms with Crippen LogP contribution in [0.5, 0.6) is 0 Å². The van der Waals surface area contributed by atoms with E-state index >= 15 is 0 Å². The molecule has 118 valence electrons. The van der Waals surface area contributed by atoms with Gasteiger partial charge in [-0.25, -0.2) is 8.42 Å². The van der Waals surface area contributed by atoms with Gasteiger partial charge in [0, 0.05) is 25.2 Å². The molecule has 1 heterocycles. The quantitative estimate of drug-likeness (QED) is 0.843. The number of aryl methyl sites for hydroxylation is 2. The highest BCUT2D eigenvalue weighted by Gasteiger charge is 2.38. The van der Waals surface area contributed by atoms with Gasteiger partial charge in [-0.2, -0.15) is 4.31 Å². The molecule has 0 radical (unpaired) electrons. The summed E-state index contributed by atoms with van der Waals surface area (Å²) in [6, 6.07) is 3.68. The van der Waals surface area contributed by atoms with Crippen molar-refractivity contribution in [2.75, 3.05) is 32.4 Å². The number of piperazine rings is 1. The fraction of sp³-hybridized carbons (Fsp3) is 0.600. The van der Waals surface area contributed by atoms with Crippen molar-refractivity contribution in [2.24, 2.45) is 0 Å². The summed E-state index contributed by atoms with van der Waals surface area (Å²) in [7, 11) is -1.53. The first-order chi connectivity index (χ1) is 9.57. The first kappa shape index (κ1) is 16.3. The maximum atomic E-state index is 13.0. The van der Waals surface area contributed by atoms with Crippen LogP contribution in [-0.2, 0) is 10.0 Å². The molecule has 1 aliphatic heterocycles. The molecular formula is C15H25N3O2S. The van der Waals surface area contributed by atoms with Crippen molar-refractivity contribution in [1.29, 1.82) is 0 Å². The molecule has 0 atom stereocenters. The van der Waals surface area contributed by atoms with Gasteiger partial charge in [0.25, 0.3) is 0 Å². The first-order valence-electron chi connectivity index (χ1n) is 7.14. The number of nitrogens with two attached hydrogens (primary N) is 1. The predicted octanol–water partition coefficient (Wildman–Crippen LogP) is 1.60. The van der Waals surface area contributed by atoms with Crippen LogP contribution in [0, 0.1) is 13.8 Å². The molecule has 0 aromatic heterocycles. The van der Waals surface area contributed by atoms with Crippen molar-refractivity contribution in [1.82, 2.24) is 9.21 Å². The van der Waals surface area contributed by atoms with Gasteiger partial charge in [-0.15, -0.1) is 0 Å². The van der Waals surface area contributed by atoms with Crippen LogP contribution < -0.4 is 5.73 Å².